The van der Waals surface area contributed by atoms with E-state index < -0.39 is 4.87 Å². The normalized spacial score (nSPS) is 23.1. The summed E-state index contributed by atoms with van der Waals surface area (Å²) >= 11 is 13.3. The van der Waals surface area contributed by atoms with Crippen LogP contribution in [0.2, 0.25) is 5.02 Å². The molecule has 0 saturated heterocycles. The first-order valence-electron chi connectivity index (χ1n) is 9.91. The van der Waals surface area contributed by atoms with Crippen LogP contribution in [0.4, 0.5) is 4.39 Å². The molecule has 0 atom stereocenters. The van der Waals surface area contributed by atoms with Gasteiger partial charge in [0.25, 0.3) is 0 Å². The highest BCUT2D eigenvalue weighted by Crippen LogP contribution is 2.49. The first-order chi connectivity index (χ1) is 14.0. The largest absolute Gasteiger partial charge is 0.306 e. The lowest BCUT2D eigenvalue weighted by molar-refractivity contribution is 0.358. The van der Waals surface area contributed by atoms with Gasteiger partial charge in [0.2, 0.25) is 0 Å². The Morgan fingerprint density at radius 2 is 1.93 bits per heavy atom. The van der Waals surface area contributed by atoms with Crippen LogP contribution in [0.3, 0.4) is 0 Å². The molecule has 8 heteroatoms. The number of hydrogen-bond acceptors (Lipinski definition) is 3. The summed E-state index contributed by atoms with van der Waals surface area (Å²) in [5, 5.41) is 11.9. The lowest BCUT2D eigenvalue weighted by Gasteiger charge is -2.36. The summed E-state index contributed by atoms with van der Waals surface area (Å²) in [5.74, 6) is 0.801. The summed E-state index contributed by atoms with van der Waals surface area (Å²) in [7, 11) is 0. The Labute approximate surface area is 191 Å². The second-order valence-electron chi connectivity index (χ2n) is 7.95. The molecule has 0 amide bonds. The quantitative estimate of drug-likeness (QED) is 0.479. The molecule has 1 saturated carbocycles. The van der Waals surface area contributed by atoms with Gasteiger partial charge in [0.15, 0.2) is 5.82 Å². The van der Waals surface area contributed by atoms with Crippen LogP contribution in [-0.2, 0) is 18.0 Å². The summed E-state index contributed by atoms with van der Waals surface area (Å²) in [6, 6.07) is 11.5. The number of aromatic nitrogens is 3. The Hall–Kier alpha value is -1.66. The van der Waals surface area contributed by atoms with Gasteiger partial charge in [-0.3, -0.25) is 4.57 Å². The minimum atomic E-state index is -0.409. The van der Waals surface area contributed by atoms with Gasteiger partial charge in [-0.2, -0.15) is 0 Å². The van der Waals surface area contributed by atoms with E-state index in [1.54, 1.807) is 12.4 Å². The zero-order valence-electron chi connectivity index (χ0n) is 16.2. The zero-order chi connectivity index (χ0) is 20.0. The first kappa shape index (κ1) is 21.6. The monoisotopic (exact) mass is 466 g/mol. The summed E-state index contributed by atoms with van der Waals surface area (Å²) in [6.45, 7) is 1.45. The van der Waals surface area contributed by atoms with Crippen molar-refractivity contribution >= 4 is 35.6 Å². The average molecular weight is 468 g/mol. The van der Waals surface area contributed by atoms with E-state index in [1.807, 2.05) is 10.6 Å². The van der Waals surface area contributed by atoms with Crippen LogP contribution in [0, 0.1) is 5.82 Å². The number of halogens is 4. The maximum Gasteiger partial charge on any atom is 0.151 e. The van der Waals surface area contributed by atoms with Crippen molar-refractivity contribution < 1.29 is 4.39 Å². The molecule has 2 aromatic carbocycles. The molecule has 3 aromatic rings. The molecule has 1 aliphatic heterocycles. The fraction of sp³-hybridized carbons (Fsp3) is 0.364. The van der Waals surface area contributed by atoms with Gasteiger partial charge in [0, 0.05) is 6.54 Å². The van der Waals surface area contributed by atoms with Crippen LogP contribution in [0.25, 0.3) is 5.69 Å². The second-order valence-corrected chi connectivity index (χ2v) is 9.05. The van der Waals surface area contributed by atoms with Crippen molar-refractivity contribution in [2.24, 2.45) is 0 Å². The van der Waals surface area contributed by atoms with Crippen molar-refractivity contribution in [3.63, 3.8) is 0 Å². The summed E-state index contributed by atoms with van der Waals surface area (Å²) in [4.78, 5) is -0.409. The fourth-order valence-electron chi connectivity index (χ4n) is 4.64. The molecule has 2 aliphatic rings. The summed E-state index contributed by atoms with van der Waals surface area (Å²) < 4.78 is 15.9. The Morgan fingerprint density at radius 1 is 1.13 bits per heavy atom. The molecule has 1 aromatic heterocycles. The number of nitrogens with one attached hydrogen (secondary N) is 1. The highest BCUT2D eigenvalue weighted by atomic mass is 35.5. The molecule has 30 heavy (non-hydrogen) atoms. The molecular weight excluding hydrogens is 446 g/mol. The maximum absolute atomic E-state index is 13.9. The van der Waals surface area contributed by atoms with Crippen LogP contribution in [0.15, 0.2) is 42.7 Å². The van der Waals surface area contributed by atoms with E-state index in [4.69, 9.17) is 23.2 Å². The van der Waals surface area contributed by atoms with Crippen molar-refractivity contribution in [2.75, 3.05) is 0 Å². The maximum atomic E-state index is 13.9. The molecule has 0 radical (unpaired) electrons. The van der Waals surface area contributed by atoms with Gasteiger partial charge >= 0.3 is 0 Å². The molecular formula is C22H22Cl3FN4. The van der Waals surface area contributed by atoms with Gasteiger partial charge < -0.3 is 5.32 Å². The van der Waals surface area contributed by atoms with Gasteiger partial charge in [-0.05, 0) is 60.4 Å². The van der Waals surface area contributed by atoms with Crippen molar-refractivity contribution in [2.45, 2.75) is 49.6 Å². The topological polar surface area (TPSA) is 42.7 Å². The van der Waals surface area contributed by atoms with Gasteiger partial charge in [0.05, 0.1) is 22.1 Å². The number of benzene rings is 2. The van der Waals surface area contributed by atoms with Crippen LogP contribution in [0.5, 0.6) is 0 Å². The third kappa shape index (κ3) is 3.73. The zero-order valence-corrected chi connectivity index (χ0v) is 18.6. The third-order valence-corrected chi connectivity index (χ3v) is 7.27. The lowest BCUT2D eigenvalue weighted by atomic mass is 9.75. The van der Waals surface area contributed by atoms with Gasteiger partial charge in [0.1, 0.15) is 12.1 Å². The highest BCUT2D eigenvalue weighted by Gasteiger charge is 2.36. The predicted molar refractivity (Wildman–Crippen MR) is 119 cm³/mol. The molecule has 0 bridgehead atoms. The molecule has 0 unspecified atom stereocenters. The number of hydrogen-bond donors (Lipinski definition) is 1. The van der Waals surface area contributed by atoms with E-state index >= 15 is 0 Å². The summed E-state index contributed by atoms with van der Waals surface area (Å²) in [5.41, 5.74) is 4.33. The Morgan fingerprint density at radius 3 is 2.73 bits per heavy atom. The van der Waals surface area contributed by atoms with E-state index in [1.165, 1.54) is 11.6 Å². The molecule has 0 spiro atoms. The molecule has 158 valence electrons. The van der Waals surface area contributed by atoms with E-state index in [2.05, 4.69) is 33.7 Å². The first-order valence-corrected chi connectivity index (χ1v) is 10.7. The molecule has 5 rings (SSSR count). The van der Waals surface area contributed by atoms with Crippen LogP contribution >= 0.6 is 35.6 Å². The van der Waals surface area contributed by atoms with E-state index in [9.17, 15) is 4.39 Å². The standard InChI is InChI=1S/C22H21Cl2FN4.ClH/c23-21-17(2-1-3-18(21)25)14-6-8-22(24,9-7-14)16-4-5-19-15(10-16)11-26-12-20-28-27-13-29(19)20;/h1-5,10,13-14,26H,6-9,11-12H2;1H. The van der Waals surface area contributed by atoms with Crippen LogP contribution in [0.1, 0.15) is 54.1 Å². The number of alkyl halides is 1. The van der Waals surface area contributed by atoms with E-state index in [0.29, 0.717) is 6.54 Å². The molecule has 4 nitrogen and oxygen atoms in total. The Bertz CT molecular complexity index is 1060. The van der Waals surface area contributed by atoms with Gasteiger partial charge in [-0.25, -0.2) is 4.39 Å². The third-order valence-electron chi connectivity index (χ3n) is 6.27. The minimum Gasteiger partial charge on any atom is -0.306 e. The van der Waals surface area contributed by atoms with E-state index in [0.717, 1.165) is 54.9 Å². The average Bonchev–Trinajstić information content (AvgIpc) is 3.12. The lowest BCUT2D eigenvalue weighted by Crippen LogP contribution is -2.26. The SMILES string of the molecule is Cl.Fc1cccc(C2CCC(Cl)(c3ccc4c(c3)CNCc3nncn3-4)CC2)c1Cl. The number of rotatable bonds is 2. The van der Waals surface area contributed by atoms with Crippen LogP contribution in [-0.4, -0.2) is 14.8 Å². The molecule has 2 heterocycles. The Balaban J connectivity index is 0.00000218. The predicted octanol–water partition coefficient (Wildman–Crippen LogP) is 5.88. The fourth-order valence-corrected chi connectivity index (χ4v) is 5.26. The number of nitrogens with zero attached hydrogens (tertiary/aromatic N) is 3. The van der Waals surface area contributed by atoms with Crippen molar-refractivity contribution in [1.82, 2.24) is 20.1 Å². The van der Waals surface area contributed by atoms with Crippen molar-refractivity contribution in [1.29, 1.82) is 0 Å². The minimum absolute atomic E-state index is 0. The van der Waals surface area contributed by atoms with Gasteiger partial charge in [-0.15, -0.1) is 34.2 Å². The van der Waals surface area contributed by atoms with Crippen molar-refractivity contribution in [3.05, 3.63) is 76.1 Å². The smallest absolute Gasteiger partial charge is 0.151 e. The summed E-state index contributed by atoms with van der Waals surface area (Å²) in [6.07, 6.45) is 5.19. The number of fused-ring (bicyclic) bond motifs is 3. The van der Waals surface area contributed by atoms with E-state index in [-0.39, 0.29) is 29.2 Å². The highest BCUT2D eigenvalue weighted by molar-refractivity contribution is 6.31. The van der Waals surface area contributed by atoms with Crippen LogP contribution < -0.4 is 5.32 Å². The molecule has 1 aliphatic carbocycles. The van der Waals surface area contributed by atoms with Gasteiger partial charge in [-0.1, -0.05) is 35.9 Å². The second kappa shape index (κ2) is 8.46. The molecule has 1 fully saturated rings. The van der Waals surface area contributed by atoms with Crippen molar-refractivity contribution in [3.8, 4) is 5.69 Å². The Kier molecular flexibility index (Phi) is 6.08. The molecule has 1 N–H and O–H groups in total.